The smallest absolute Gasteiger partial charge is 0.339 e. The number of rotatable bonds is 7. The van der Waals surface area contributed by atoms with Crippen LogP contribution < -0.4 is 10.1 Å². The standard InChI is InChI=1S/C16H17NO5/c1-21-7-6-17-15(18)10-22-14-9-12-5-3-2-4-11(12)8-13(14)16(19)20/h2-5,8-9H,6-7,10H2,1H3,(H,17,18)(H,19,20). The van der Waals surface area contributed by atoms with Crippen LogP contribution in [0.15, 0.2) is 36.4 Å². The number of aromatic carboxylic acids is 1. The van der Waals surface area contributed by atoms with Crippen LogP contribution in [0.2, 0.25) is 0 Å². The van der Waals surface area contributed by atoms with Crippen LogP contribution in [0.3, 0.4) is 0 Å². The van der Waals surface area contributed by atoms with Crippen molar-refractivity contribution < 1.29 is 24.2 Å². The van der Waals surface area contributed by atoms with E-state index in [1.165, 1.54) is 13.2 Å². The van der Waals surface area contributed by atoms with Crippen molar-refractivity contribution in [3.8, 4) is 5.75 Å². The predicted octanol–water partition coefficient (Wildman–Crippen LogP) is 1.68. The number of fused-ring (bicyclic) bond motifs is 1. The van der Waals surface area contributed by atoms with E-state index in [4.69, 9.17) is 9.47 Å². The summed E-state index contributed by atoms with van der Waals surface area (Å²) in [5, 5.41) is 13.5. The Hall–Kier alpha value is -2.60. The van der Waals surface area contributed by atoms with Crippen molar-refractivity contribution in [2.45, 2.75) is 0 Å². The van der Waals surface area contributed by atoms with Gasteiger partial charge < -0.3 is 19.9 Å². The Morgan fingerprint density at radius 1 is 1.18 bits per heavy atom. The number of nitrogens with one attached hydrogen (secondary N) is 1. The molecule has 2 aromatic rings. The Balaban J connectivity index is 2.13. The molecule has 0 spiro atoms. The van der Waals surface area contributed by atoms with Crippen molar-refractivity contribution >= 4 is 22.6 Å². The number of amides is 1. The number of hydrogen-bond donors (Lipinski definition) is 2. The van der Waals surface area contributed by atoms with Crippen LogP contribution in [-0.2, 0) is 9.53 Å². The Bertz CT molecular complexity index is 683. The van der Waals surface area contributed by atoms with Crippen molar-refractivity contribution in [1.82, 2.24) is 5.32 Å². The molecule has 0 heterocycles. The van der Waals surface area contributed by atoms with Crippen molar-refractivity contribution in [2.75, 3.05) is 26.9 Å². The lowest BCUT2D eigenvalue weighted by Crippen LogP contribution is -2.31. The Morgan fingerprint density at radius 2 is 1.86 bits per heavy atom. The molecule has 0 fully saturated rings. The van der Waals surface area contributed by atoms with Crippen molar-refractivity contribution in [3.63, 3.8) is 0 Å². The average Bonchev–Trinajstić information content (AvgIpc) is 2.52. The Kier molecular flexibility index (Phi) is 5.32. The normalized spacial score (nSPS) is 10.4. The molecule has 0 aliphatic heterocycles. The van der Waals surface area contributed by atoms with Gasteiger partial charge in [0.25, 0.3) is 5.91 Å². The van der Waals surface area contributed by atoms with Gasteiger partial charge in [0.05, 0.1) is 6.61 Å². The first kappa shape index (κ1) is 15.8. The van der Waals surface area contributed by atoms with Crippen LogP contribution in [0.4, 0.5) is 0 Å². The molecule has 6 nitrogen and oxygen atoms in total. The molecule has 22 heavy (non-hydrogen) atoms. The lowest BCUT2D eigenvalue weighted by atomic mass is 10.1. The number of benzene rings is 2. The minimum Gasteiger partial charge on any atom is -0.483 e. The minimum atomic E-state index is -1.10. The maximum Gasteiger partial charge on any atom is 0.339 e. The van der Waals surface area contributed by atoms with Gasteiger partial charge in [0.2, 0.25) is 0 Å². The molecule has 0 aromatic heterocycles. The Labute approximate surface area is 127 Å². The summed E-state index contributed by atoms with van der Waals surface area (Å²) in [5.74, 6) is -1.25. The summed E-state index contributed by atoms with van der Waals surface area (Å²) in [4.78, 5) is 22.9. The molecule has 0 saturated carbocycles. The van der Waals surface area contributed by atoms with Gasteiger partial charge >= 0.3 is 5.97 Å². The first-order valence-electron chi connectivity index (χ1n) is 6.76. The molecule has 2 N–H and O–H groups in total. The van der Waals surface area contributed by atoms with Crippen molar-refractivity contribution in [2.24, 2.45) is 0 Å². The molecule has 0 radical (unpaired) electrons. The van der Waals surface area contributed by atoms with E-state index >= 15 is 0 Å². The second-order valence-corrected chi connectivity index (χ2v) is 4.63. The van der Waals surface area contributed by atoms with E-state index < -0.39 is 5.97 Å². The highest BCUT2D eigenvalue weighted by atomic mass is 16.5. The second kappa shape index (κ2) is 7.42. The maximum absolute atomic E-state index is 11.6. The zero-order chi connectivity index (χ0) is 15.9. The third-order valence-electron chi connectivity index (χ3n) is 3.07. The number of carboxylic acid groups (broad SMARTS) is 1. The average molecular weight is 303 g/mol. The molecule has 0 aliphatic carbocycles. The molecule has 116 valence electrons. The molecule has 0 atom stereocenters. The summed E-state index contributed by atoms with van der Waals surface area (Å²) in [6.07, 6.45) is 0. The van der Waals surface area contributed by atoms with E-state index in [1.54, 1.807) is 6.07 Å². The van der Waals surface area contributed by atoms with E-state index in [9.17, 15) is 14.7 Å². The lowest BCUT2D eigenvalue weighted by Gasteiger charge is -2.11. The minimum absolute atomic E-state index is 0.0309. The highest BCUT2D eigenvalue weighted by Crippen LogP contribution is 2.26. The largest absolute Gasteiger partial charge is 0.483 e. The molecule has 2 rings (SSSR count). The predicted molar refractivity (Wildman–Crippen MR) is 81.3 cm³/mol. The fourth-order valence-corrected chi connectivity index (χ4v) is 1.99. The molecular formula is C16H17NO5. The first-order chi connectivity index (χ1) is 10.6. The SMILES string of the molecule is COCCNC(=O)COc1cc2ccccc2cc1C(=O)O. The zero-order valence-corrected chi connectivity index (χ0v) is 12.2. The van der Waals surface area contributed by atoms with Crippen LogP contribution in [0, 0.1) is 0 Å². The summed E-state index contributed by atoms with van der Waals surface area (Å²) >= 11 is 0. The van der Waals surface area contributed by atoms with Crippen LogP contribution >= 0.6 is 0 Å². The third-order valence-corrected chi connectivity index (χ3v) is 3.07. The van der Waals surface area contributed by atoms with Gasteiger partial charge in [-0.15, -0.1) is 0 Å². The van der Waals surface area contributed by atoms with Gasteiger partial charge in [0, 0.05) is 13.7 Å². The number of hydrogen-bond acceptors (Lipinski definition) is 4. The maximum atomic E-state index is 11.6. The van der Waals surface area contributed by atoms with Gasteiger partial charge in [-0.25, -0.2) is 4.79 Å². The van der Waals surface area contributed by atoms with Gasteiger partial charge in [-0.3, -0.25) is 4.79 Å². The van der Waals surface area contributed by atoms with Gasteiger partial charge in [0.1, 0.15) is 11.3 Å². The number of carbonyl (C=O) groups is 2. The van der Waals surface area contributed by atoms with Gasteiger partial charge in [-0.05, 0) is 22.9 Å². The van der Waals surface area contributed by atoms with Crippen molar-refractivity contribution in [3.05, 3.63) is 42.0 Å². The quantitative estimate of drug-likeness (QED) is 0.760. The van der Waals surface area contributed by atoms with E-state index in [1.807, 2.05) is 24.3 Å². The number of carbonyl (C=O) groups excluding carboxylic acids is 1. The summed E-state index contributed by atoms with van der Waals surface area (Å²) in [6.45, 7) is 0.534. The highest BCUT2D eigenvalue weighted by molar-refractivity contribution is 5.97. The van der Waals surface area contributed by atoms with Gasteiger partial charge in [-0.1, -0.05) is 24.3 Å². The fourth-order valence-electron chi connectivity index (χ4n) is 1.99. The lowest BCUT2D eigenvalue weighted by molar-refractivity contribution is -0.123. The molecule has 6 heteroatoms. The topological polar surface area (TPSA) is 84.9 Å². The van der Waals surface area contributed by atoms with E-state index in [-0.39, 0.29) is 23.8 Å². The van der Waals surface area contributed by atoms with E-state index in [0.29, 0.717) is 13.2 Å². The molecule has 2 aromatic carbocycles. The van der Waals surface area contributed by atoms with Crippen LogP contribution in [0.1, 0.15) is 10.4 Å². The van der Waals surface area contributed by atoms with Crippen LogP contribution in [-0.4, -0.2) is 43.9 Å². The summed E-state index contributed by atoms with van der Waals surface area (Å²) in [5.41, 5.74) is 0.0309. The summed E-state index contributed by atoms with van der Waals surface area (Å²) in [7, 11) is 1.54. The van der Waals surface area contributed by atoms with Crippen LogP contribution in [0.25, 0.3) is 10.8 Å². The molecule has 0 unspecified atom stereocenters. The second-order valence-electron chi connectivity index (χ2n) is 4.63. The fraction of sp³-hybridized carbons (Fsp3) is 0.250. The molecular weight excluding hydrogens is 286 g/mol. The van der Waals surface area contributed by atoms with Crippen molar-refractivity contribution in [1.29, 1.82) is 0 Å². The summed E-state index contributed by atoms with van der Waals surface area (Å²) < 4.78 is 10.2. The molecule has 0 bridgehead atoms. The van der Waals surface area contributed by atoms with E-state index in [0.717, 1.165) is 10.8 Å². The van der Waals surface area contributed by atoms with Crippen LogP contribution in [0.5, 0.6) is 5.75 Å². The molecule has 1 amide bonds. The number of ether oxygens (including phenoxy) is 2. The highest BCUT2D eigenvalue weighted by Gasteiger charge is 2.14. The molecule has 0 aliphatic rings. The third kappa shape index (κ3) is 3.95. The summed E-state index contributed by atoms with van der Waals surface area (Å²) in [6, 6.07) is 10.5. The Morgan fingerprint density at radius 3 is 2.50 bits per heavy atom. The monoisotopic (exact) mass is 303 g/mol. The van der Waals surface area contributed by atoms with Gasteiger partial charge in [-0.2, -0.15) is 0 Å². The van der Waals surface area contributed by atoms with Gasteiger partial charge in [0.15, 0.2) is 6.61 Å². The number of methoxy groups -OCH3 is 1. The number of carboxylic acids is 1. The van der Waals surface area contributed by atoms with E-state index in [2.05, 4.69) is 5.32 Å². The zero-order valence-electron chi connectivity index (χ0n) is 12.2. The molecule has 0 saturated heterocycles. The first-order valence-corrected chi connectivity index (χ1v) is 6.76.